The van der Waals surface area contributed by atoms with Crippen molar-refractivity contribution in [1.29, 1.82) is 0 Å². The third-order valence-electron chi connectivity index (χ3n) is 3.87. The Labute approximate surface area is 157 Å². The molecule has 3 rings (SSSR count). The Kier molecular flexibility index (Phi) is 6.01. The molecule has 138 valence electrons. The fraction of sp³-hybridized carbons (Fsp3) is 0.211. The maximum Gasteiger partial charge on any atom is 0.274 e. The Morgan fingerprint density at radius 3 is 2.78 bits per heavy atom. The van der Waals surface area contributed by atoms with Crippen LogP contribution >= 0.6 is 0 Å². The number of rotatable bonds is 7. The van der Waals surface area contributed by atoms with E-state index in [0.29, 0.717) is 24.5 Å². The molecule has 3 heterocycles. The lowest BCUT2D eigenvalue weighted by atomic mass is 10.2. The van der Waals surface area contributed by atoms with Crippen LogP contribution in [0.2, 0.25) is 0 Å². The number of hydrogen-bond acceptors (Lipinski definition) is 7. The smallest absolute Gasteiger partial charge is 0.274 e. The molecule has 27 heavy (non-hydrogen) atoms. The molecule has 0 aliphatic carbocycles. The minimum absolute atomic E-state index is 0.0367. The lowest BCUT2D eigenvalue weighted by Crippen LogP contribution is -2.20. The molecule has 0 aromatic carbocycles. The van der Waals surface area contributed by atoms with E-state index in [2.05, 4.69) is 25.3 Å². The van der Waals surface area contributed by atoms with Crippen molar-refractivity contribution in [2.75, 3.05) is 23.9 Å². The number of carbonyl (C=O) groups is 1. The van der Waals surface area contributed by atoms with E-state index >= 15 is 0 Å². The van der Waals surface area contributed by atoms with Gasteiger partial charge in [0.2, 0.25) is 0 Å². The number of aliphatic hydroxyl groups excluding tert-OH is 1. The van der Waals surface area contributed by atoms with Crippen LogP contribution in [-0.4, -0.2) is 44.6 Å². The first-order valence-electron chi connectivity index (χ1n) is 8.45. The van der Waals surface area contributed by atoms with Crippen LogP contribution in [0.3, 0.4) is 0 Å². The second-order valence-corrected chi connectivity index (χ2v) is 5.94. The summed E-state index contributed by atoms with van der Waals surface area (Å²) in [5, 5.41) is 11.7. The number of nitrogens with zero attached hydrogens (tertiary/aromatic N) is 5. The van der Waals surface area contributed by atoms with Gasteiger partial charge < -0.3 is 15.3 Å². The van der Waals surface area contributed by atoms with Crippen molar-refractivity contribution >= 4 is 17.4 Å². The second kappa shape index (κ2) is 8.81. The van der Waals surface area contributed by atoms with Gasteiger partial charge in [0.25, 0.3) is 5.91 Å². The van der Waals surface area contributed by atoms with Crippen LogP contribution in [0.15, 0.2) is 55.2 Å². The van der Waals surface area contributed by atoms with Crippen LogP contribution in [0.5, 0.6) is 0 Å². The summed E-state index contributed by atoms with van der Waals surface area (Å²) in [6.45, 7) is 0.650. The van der Waals surface area contributed by atoms with Crippen molar-refractivity contribution < 1.29 is 9.90 Å². The Hall–Kier alpha value is -3.39. The molecule has 0 aliphatic heterocycles. The average Bonchev–Trinajstić information content (AvgIpc) is 2.70. The monoisotopic (exact) mass is 364 g/mol. The minimum atomic E-state index is -0.342. The van der Waals surface area contributed by atoms with Gasteiger partial charge in [0.1, 0.15) is 17.8 Å². The predicted octanol–water partition coefficient (Wildman–Crippen LogP) is 1.69. The normalized spacial score (nSPS) is 10.4. The zero-order valence-electron chi connectivity index (χ0n) is 14.9. The standard InChI is InChI=1S/C19H20N6O2/c1-25(12-14-3-2-7-20-10-14)18-9-17(22-13-23-18)19(27)24-16-5-4-15(6-8-26)21-11-16/h2-5,7,9-11,13,26H,6,8,12H2,1H3,(H,24,27). The fourth-order valence-corrected chi connectivity index (χ4v) is 2.48. The summed E-state index contributed by atoms with van der Waals surface area (Å²) < 4.78 is 0. The first-order valence-corrected chi connectivity index (χ1v) is 8.45. The van der Waals surface area contributed by atoms with E-state index in [0.717, 1.165) is 11.3 Å². The quantitative estimate of drug-likeness (QED) is 0.657. The maximum absolute atomic E-state index is 12.5. The second-order valence-electron chi connectivity index (χ2n) is 5.94. The van der Waals surface area contributed by atoms with Crippen molar-refractivity contribution in [1.82, 2.24) is 19.9 Å². The number of pyridine rings is 2. The summed E-state index contributed by atoms with van der Waals surface area (Å²) in [6.07, 6.45) is 6.92. The molecular formula is C19H20N6O2. The molecule has 0 saturated heterocycles. The van der Waals surface area contributed by atoms with Crippen molar-refractivity contribution in [3.8, 4) is 0 Å². The molecule has 0 unspecified atom stereocenters. The van der Waals surface area contributed by atoms with Gasteiger partial charge in [0.15, 0.2) is 0 Å². The number of carbonyl (C=O) groups excluding carboxylic acids is 1. The van der Waals surface area contributed by atoms with E-state index in [4.69, 9.17) is 5.11 Å². The van der Waals surface area contributed by atoms with E-state index < -0.39 is 0 Å². The van der Waals surface area contributed by atoms with E-state index in [-0.39, 0.29) is 18.2 Å². The molecule has 8 heteroatoms. The molecule has 2 N–H and O–H groups in total. The van der Waals surface area contributed by atoms with Gasteiger partial charge in [-0.1, -0.05) is 6.07 Å². The Morgan fingerprint density at radius 2 is 2.07 bits per heavy atom. The van der Waals surface area contributed by atoms with Crippen molar-refractivity contribution in [2.24, 2.45) is 0 Å². The fourth-order valence-electron chi connectivity index (χ4n) is 2.48. The highest BCUT2D eigenvalue weighted by molar-refractivity contribution is 6.03. The van der Waals surface area contributed by atoms with Crippen molar-refractivity contribution in [3.63, 3.8) is 0 Å². The summed E-state index contributed by atoms with van der Waals surface area (Å²) in [4.78, 5) is 31.0. The van der Waals surface area contributed by atoms with E-state index in [9.17, 15) is 4.79 Å². The van der Waals surface area contributed by atoms with Crippen LogP contribution in [0.4, 0.5) is 11.5 Å². The van der Waals surface area contributed by atoms with E-state index in [1.165, 1.54) is 6.33 Å². The van der Waals surface area contributed by atoms with Crippen molar-refractivity contribution in [2.45, 2.75) is 13.0 Å². The molecule has 0 saturated carbocycles. The SMILES string of the molecule is CN(Cc1cccnc1)c1cc(C(=O)Nc2ccc(CCO)nc2)ncn1. The molecule has 1 amide bonds. The number of anilines is 2. The number of aromatic nitrogens is 4. The summed E-state index contributed by atoms with van der Waals surface area (Å²) in [5.41, 5.74) is 2.62. The van der Waals surface area contributed by atoms with Crippen LogP contribution in [0.1, 0.15) is 21.7 Å². The van der Waals surface area contributed by atoms with Crippen LogP contribution < -0.4 is 10.2 Å². The van der Waals surface area contributed by atoms with Gasteiger partial charge in [0, 0.05) is 50.8 Å². The highest BCUT2D eigenvalue weighted by Gasteiger charge is 2.12. The molecule has 0 bridgehead atoms. The van der Waals surface area contributed by atoms with Crippen molar-refractivity contribution in [3.05, 3.63) is 72.2 Å². The zero-order valence-corrected chi connectivity index (χ0v) is 14.9. The predicted molar refractivity (Wildman–Crippen MR) is 101 cm³/mol. The average molecular weight is 364 g/mol. The zero-order chi connectivity index (χ0) is 19.1. The number of amides is 1. The third-order valence-corrected chi connectivity index (χ3v) is 3.87. The lowest BCUT2D eigenvalue weighted by molar-refractivity contribution is 0.102. The number of hydrogen-bond donors (Lipinski definition) is 2. The minimum Gasteiger partial charge on any atom is -0.396 e. The summed E-state index contributed by atoms with van der Waals surface area (Å²) in [6, 6.07) is 9.00. The molecule has 0 atom stereocenters. The molecule has 0 aliphatic rings. The highest BCUT2D eigenvalue weighted by Crippen LogP contribution is 2.14. The molecule has 0 spiro atoms. The Balaban J connectivity index is 1.67. The number of nitrogens with one attached hydrogen (secondary N) is 1. The maximum atomic E-state index is 12.5. The van der Waals surface area contributed by atoms with Gasteiger partial charge in [-0.05, 0) is 23.8 Å². The molecule has 3 aromatic heterocycles. The topological polar surface area (TPSA) is 104 Å². The number of aliphatic hydroxyl groups is 1. The van der Waals surface area contributed by atoms with Gasteiger partial charge >= 0.3 is 0 Å². The molecular weight excluding hydrogens is 344 g/mol. The third kappa shape index (κ3) is 5.05. The summed E-state index contributed by atoms with van der Waals surface area (Å²) in [5.74, 6) is 0.292. The van der Waals surface area contributed by atoms with Crippen LogP contribution in [0.25, 0.3) is 0 Å². The van der Waals surface area contributed by atoms with Gasteiger partial charge in [-0.25, -0.2) is 9.97 Å². The Morgan fingerprint density at radius 1 is 1.19 bits per heavy atom. The first kappa shape index (κ1) is 18.4. The lowest BCUT2D eigenvalue weighted by Gasteiger charge is -2.18. The van der Waals surface area contributed by atoms with Gasteiger partial charge in [0.05, 0.1) is 11.9 Å². The molecule has 0 fully saturated rings. The van der Waals surface area contributed by atoms with Gasteiger partial charge in [-0.15, -0.1) is 0 Å². The molecule has 3 aromatic rings. The molecule has 8 nitrogen and oxygen atoms in total. The van der Waals surface area contributed by atoms with E-state index in [1.807, 2.05) is 24.1 Å². The summed E-state index contributed by atoms with van der Waals surface area (Å²) >= 11 is 0. The Bertz CT molecular complexity index is 886. The van der Waals surface area contributed by atoms with Crippen LogP contribution in [-0.2, 0) is 13.0 Å². The van der Waals surface area contributed by atoms with Crippen LogP contribution in [0, 0.1) is 0 Å². The largest absolute Gasteiger partial charge is 0.396 e. The molecule has 0 radical (unpaired) electrons. The summed E-state index contributed by atoms with van der Waals surface area (Å²) in [7, 11) is 1.89. The van der Waals surface area contributed by atoms with Gasteiger partial charge in [-0.3, -0.25) is 14.8 Å². The highest BCUT2D eigenvalue weighted by atomic mass is 16.3. The van der Waals surface area contributed by atoms with Gasteiger partial charge in [-0.2, -0.15) is 0 Å². The first-order chi connectivity index (χ1) is 13.2. The van der Waals surface area contributed by atoms with E-state index in [1.54, 1.807) is 36.8 Å².